The maximum atomic E-state index is 12.9. The fourth-order valence-corrected chi connectivity index (χ4v) is 2.59. The number of hydrogen-bond donors (Lipinski definition) is 0. The Balaban J connectivity index is 2.46. The zero-order valence-electron chi connectivity index (χ0n) is 10.5. The van der Waals surface area contributed by atoms with Crippen LogP contribution >= 0.6 is 11.3 Å². The Labute approximate surface area is 105 Å². The van der Waals surface area contributed by atoms with Gasteiger partial charge in [-0.1, -0.05) is 20.8 Å². The maximum Gasteiger partial charge on any atom is 0.123 e. The van der Waals surface area contributed by atoms with Crippen LogP contribution in [0.5, 0.6) is 0 Å². The third kappa shape index (κ3) is 2.55. The lowest BCUT2D eigenvalue weighted by Crippen LogP contribution is -2.10. The first-order valence-electron chi connectivity index (χ1n) is 5.62. The lowest BCUT2D eigenvalue weighted by atomic mass is 9.98. The van der Waals surface area contributed by atoms with Crippen LogP contribution in [0.2, 0.25) is 0 Å². The predicted octanol–water partition coefficient (Wildman–Crippen LogP) is 4.56. The molecule has 1 nitrogen and oxygen atoms in total. The van der Waals surface area contributed by atoms with E-state index in [2.05, 4.69) is 32.7 Å². The molecule has 0 amide bonds. The average Bonchev–Trinajstić information content (AvgIpc) is 2.61. The Hall–Kier alpha value is -1.22. The monoisotopic (exact) mass is 249 g/mol. The van der Waals surface area contributed by atoms with Gasteiger partial charge in [0, 0.05) is 15.9 Å². The molecule has 0 fully saturated rings. The summed E-state index contributed by atoms with van der Waals surface area (Å²) in [6, 6.07) is 6.52. The molecule has 1 aromatic carbocycles. The van der Waals surface area contributed by atoms with E-state index in [-0.39, 0.29) is 11.2 Å². The van der Waals surface area contributed by atoms with E-state index in [4.69, 9.17) is 0 Å². The minimum absolute atomic E-state index is 0.0632. The van der Waals surface area contributed by atoms with Crippen molar-refractivity contribution in [1.29, 1.82) is 0 Å². The van der Waals surface area contributed by atoms with Crippen LogP contribution < -0.4 is 0 Å². The summed E-state index contributed by atoms with van der Waals surface area (Å²) in [6.07, 6.45) is 0. The number of hydrogen-bond acceptors (Lipinski definition) is 2. The summed E-state index contributed by atoms with van der Waals surface area (Å²) >= 11 is 1.72. The van der Waals surface area contributed by atoms with Crippen LogP contribution in [0, 0.1) is 12.7 Å². The first kappa shape index (κ1) is 12.2. The second kappa shape index (κ2) is 4.22. The van der Waals surface area contributed by atoms with E-state index in [0.29, 0.717) is 0 Å². The molecule has 2 aromatic rings. The fourth-order valence-electron chi connectivity index (χ4n) is 1.59. The lowest BCUT2D eigenvalue weighted by molar-refractivity contribution is 0.586. The summed E-state index contributed by atoms with van der Waals surface area (Å²) in [7, 11) is 0. The molecule has 0 unspecified atom stereocenters. The van der Waals surface area contributed by atoms with Gasteiger partial charge >= 0.3 is 0 Å². The summed E-state index contributed by atoms with van der Waals surface area (Å²) in [4.78, 5) is 5.86. The van der Waals surface area contributed by atoms with Crippen molar-refractivity contribution in [2.24, 2.45) is 0 Å². The molecule has 3 heteroatoms. The van der Waals surface area contributed by atoms with E-state index in [1.54, 1.807) is 23.5 Å². The Bertz CT molecular complexity index is 520. The van der Waals surface area contributed by atoms with Crippen molar-refractivity contribution >= 4 is 11.3 Å². The lowest BCUT2D eigenvalue weighted by Gasteiger charge is -2.13. The van der Waals surface area contributed by atoms with Gasteiger partial charge in [-0.2, -0.15) is 0 Å². The molecular formula is C14H16FNS. The Morgan fingerprint density at radius 2 is 1.71 bits per heavy atom. The van der Waals surface area contributed by atoms with Crippen LogP contribution in [0.15, 0.2) is 24.3 Å². The summed E-state index contributed by atoms with van der Waals surface area (Å²) in [6.45, 7) is 8.52. The first-order valence-corrected chi connectivity index (χ1v) is 6.43. The van der Waals surface area contributed by atoms with Gasteiger partial charge in [0.1, 0.15) is 5.82 Å². The van der Waals surface area contributed by atoms with Gasteiger partial charge in [-0.3, -0.25) is 0 Å². The molecule has 0 aliphatic carbocycles. The molecule has 0 atom stereocenters. The van der Waals surface area contributed by atoms with Gasteiger partial charge in [0.25, 0.3) is 0 Å². The van der Waals surface area contributed by atoms with E-state index in [1.165, 1.54) is 17.0 Å². The van der Waals surface area contributed by atoms with Crippen molar-refractivity contribution < 1.29 is 4.39 Å². The highest BCUT2D eigenvalue weighted by Crippen LogP contribution is 2.33. The van der Waals surface area contributed by atoms with Gasteiger partial charge in [0.2, 0.25) is 0 Å². The SMILES string of the molecule is Cc1sc(C(C)(C)C)nc1-c1ccc(F)cc1. The smallest absolute Gasteiger partial charge is 0.123 e. The predicted molar refractivity (Wildman–Crippen MR) is 70.9 cm³/mol. The van der Waals surface area contributed by atoms with Crippen LogP contribution in [0.4, 0.5) is 4.39 Å². The van der Waals surface area contributed by atoms with E-state index in [9.17, 15) is 4.39 Å². The number of thiazole rings is 1. The van der Waals surface area contributed by atoms with Crippen molar-refractivity contribution in [3.8, 4) is 11.3 Å². The second-order valence-electron chi connectivity index (χ2n) is 5.18. The quantitative estimate of drug-likeness (QED) is 0.722. The molecule has 0 N–H and O–H groups in total. The zero-order valence-corrected chi connectivity index (χ0v) is 11.4. The van der Waals surface area contributed by atoms with E-state index >= 15 is 0 Å². The van der Waals surface area contributed by atoms with Gasteiger partial charge in [-0.05, 0) is 31.2 Å². The summed E-state index contributed by atoms with van der Waals surface area (Å²) < 4.78 is 12.9. The molecule has 17 heavy (non-hydrogen) atoms. The van der Waals surface area contributed by atoms with Crippen LogP contribution in [-0.2, 0) is 5.41 Å². The minimum atomic E-state index is -0.210. The molecule has 1 aromatic heterocycles. The number of aryl methyl sites for hydroxylation is 1. The van der Waals surface area contributed by atoms with Gasteiger partial charge in [0.15, 0.2) is 0 Å². The molecule has 90 valence electrons. The van der Waals surface area contributed by atoms with Crippen LogP contribution in [0.3, 0.4) is 0 Å². The third-order valence-corrected chi connectivity index (χ3v) is 3.95. The highest BCUT2D eigenvalue weighted by Gasteiger charge is 2.20. The van der Waals surface area contributed by atoms with Crippen molar-refractivity contribution in [3.63, 3.8) is 0 Å². The molecule has 0 radical (unpaired) electrons. The fraction of sp³-hybridized carbons (Fsp3) is 0.357. The van der Waals surface area contributed by atoms with Gasteiger partial charge in [-0.25, -0.2) is 9.37 Å². The van der Waals surface area contributed by atoms with Gasteiger partial charge < -0.3 is 0 Å². The highest BCUT2D eigenvalue weighted by atomic mass is 32.1. The summed E-state index contributed by atoms with van der Waals surface area (Å²) in [5.74, 6) is -0.210. The standard InChI is InChI=1S/C14H16FNS/c1-9-12(10-5-7-11(15)8-6-10)16-13(17-9)14(2,3)4/h5-8H,1-4H3. The van der Waals surface area contributed by atoms with Crippen LogP contribution in [-0.4, -0.2) is 4.98 Å². The molecule has 0 spiro atoms. The maximum absolute atomic E-state index is 12.9. The summed E-state index contributed by atoms with van der Waals surface area (Å²) in [5.41, 5.74) is 2.02. The molecular weight excluding hydrogens is 233 g/mol. The molecule has 0 aliphatic rings. The van der Waals surface area contributed by atoms with Crippen molar-refractivity contribution in [3.05, 3.63) is 40.0 Å². The normalized spacial score (nSPS) is 11.8. The Morgan fingerprint density at radius 1 is 1.12 bits per heavy atom. The Kier molecular flexibility index (Phi) is 3.04. The topological polar surface area (TPSA) is 12.9 Å². The molecule has 0 bridgehead atoms. The van der Waals surface area contributed by atoms with Gasteiger partial charge in [0.05, 0.1) is 10.7 Å². The molecule has 2 rings (SSSR count). The highest BCUT2D eigenvalue weighted by molar-refractivity contribution is 7.12. The third-order valence-electron chi connectivity index (χ3n) is 2.56. The number of benzene rings is 1. The van der Waals surface area contributed by atoms with E-state index < -0.39 is 0 Å². The zero-order chi connectivity index (χ0) is 12.6. The summed E-state index contributed by atoms with van der Waals surface area (Å²) in [5, 5.41) is 1.12. The van der Waals surface area contributed by atoms with Gasteiger partial charge in [-0.15, -0.1) is 11.3 Å². The number of halogens is 1. The number of aromatic nitrogens is 1. The van der Waals surface area contributed by atoms with E-state index in [0.717, 1.165) is 16.3 Å². The van der Waals surface area contributed by atoms with Crippen molar-refractivity contribution in [2.75, 3.05) is 0 Å². The number of rotatable bonds is 1. The van der Waals surface area contributed by atoms with Crippen LogP contribution in [0.25, 0.3) is 11.3 Å². The largest absolute Gasteiger partial charge is 0.240 e. The Morgan fingerprint density at radius 3 is 2.18 bits per heavy atom. The molecule has 1 heterocycles. The minimum Gasteiger partial charge on any atom is -0.240 e. The first-order chi connectivity index (χ1) is 7.88. The average molecular weight is 249 g/mol. The second-order valence-corrected chi connectivity index (χ2v) is 6.38. The van der Waals surface area contributed by atoms with Crippen LogP contribution in [0.1, 0.15) is 30.7 Å². The number of nitrogens with zero attached hydrogens (tertiary/aromatic N) is 1. The molecule has 0 saturated heterocycles. The van der Waals surface area contributed by atoms with Crippen molar-refractivity contribution in [2.45, 2.75) is 33.1 Å². The van der Waals surface area contributed by atoms with E-state index in [1.807, 2.05) is 0 Å². The van der Waals surface area contributed by atoms with Crippen molar-refractivity contribution in [1.82, 2.24) is 4.98 Å². The molecule has 0 aliphatic heterocycles. The molecule has 0 saturated carbocycles.